The molecule has 0 fully saturated rings. The van der Waals surface area contributed by atoms with Crippen molar-refractivity contribution < 1.29 is 0 Å². The summed E-state index contributed by atoms with van der Waals surface area (Å²) >= 11 is 0. The average Bonchev–Trinajstić information content (AvgIpc) is 3.40. The van der Waals surface area contributed by atoms with E-state index in [4.69, 9.17) is 0 Å². The van der Waals surface area contributed by atoms with Gasteiger partial charge in [0.25, 0.3) is 0 Å². The van der Waals surface area contributed by atoms with Crippen molar-refractivity contribution in [2.24, 2.45) is 0 Å². The van der Waals surface area contributed by atoms with E-state index in [0.29, 0.717) is 0 Å². The molecule has 0 aliphatic heterocycles. The van der Waals surface area contributed by atoms with E-state index < -0.39 is 0 Å². The first-order chi connectivity index (χ1) is 35.1. The van der Waals surface area contributed by atoms with Crippen molar-refractivity contribution >= 4 is 129 Å². The van der Waals surface area contributed by atoms with Crippen LogP contribution in [0, 0.1) is 41.5 Å². The fraction of sp³-hybridized carbons (Fsp3) is 0.0833. The Hall–Kier alpha value is -8.58. The molecule has 0 saturated carbocycles. The van der Waals surface area contributed by atoms with E-state index in [1.807, 2.05) is 0 Å². The molecule has 0 aliphatic rings. The van der Waals surface area contributed by atoms with Gasteiger partial charge in [-0.15, -0.1) is 0 Å². The van der Waals surface area contributed by atoms with Crippen molar-refractivity contribution in [3.8, 4) is 0 Å². The SMILES string of the molecule is Cc1ccc2c(ccc3c2ccc2c4ccc(C)cc4ccc23)c1.Cc1ccc2ccc3c(ccc4c5cccc(C)c5ccc43)c2c1.Cc1ccc2ccc3c(ccc4c5cccc(C)c5ccc43)c2c1. The maximum absolute atomic E-state index is 2.30. The molecule has 0 bridgehead atoms. The summed E-state index contributed by atoms with van der Waals surface area (Å²) in [5.74, 6) is 0. The van der Waals surface area contributed by atoms with E-state index in [2.05, 4.69) is 260 Å². The van der Waals surface area contributed by atoms with Crippen molar-refractivity contribution in [1.29, 1.82) is 0 Å². The van der Waals surface area contributed by atoms with Crippen LogP contribution in [-0.2, 0) is 0 Å². The maximum Gasteiger partial charge on any atom is -0.00987 e. The fourth-order valence-electron chi connectivity index (χ4n) is 11.9. The highest BCUT2D eigenvalue weighted by Gasteiger charge is 2.12. The lowest BCUT2D eigenvalue weighted by Crippen LogP contribution is -1.84. The summed E-state index contributed by atoms with van der Waals surface area (Å²) in [6.45, 7) is 13.0. The second-order valence-electron chi connectivity index (χ2n) is 20.4. The Bertz CT molecular complexity index is 4390. The molecule has 0 amide bonds. The zero-order valence-electron chi connectivity index (χ0n) is 41.8. The normalized spacial score (nSPS) is 11.8. The first-order valence-corrected chi connectivity index (χ1v) is 25.4. The van der Waals surface area contributed by atoms with Gasteiger partial charge >= 0.3 is 0 Å². The predicted molar refractivity (Wildman–Crippen MR) is 318 cm³/mol. The quantitative estimate of drug-likeness (QED) is 0.133. The highest BCUT2D eigenvalue weighted by molar-refractivity contribution is 6.25. The third-order valence-electron chi connectivity index (χ3n) is 15.6. The van der Waals surface area contributed by atoms with Crippen LogP contribution in [0.3, 0.4) is 0 Å². The van der Waals surface area contributed by atoms with Crippen molar-refractivity contribution in [2.45, 2.75) is 41.5 Å². The molecule has 0 heterocycles. The van der Waals surface area contributed by atoms with Crippen molar-refractivity contribution in [1.82, 2.24) is 0 Å². The minimum atomic E-state index is 1.31. The predicted octanol–water partition coefficient (Wildman–Crippen LogP) is 20.7. The van der Waals surface area contributed by atoms with Gasteiger partial charge in [-0.1, -0.05) is 241 Å². The van der Waals surface area contributed by atoms with E-state index >= 15 is 0 Å². The van der Waals surface area contributed by atoms with Crippen LogP contribution in [0.2, 0.25) is 0 Å². The van der Waals surface area contributed by atoms with Crippen LogP contribution in [0.5, 0.6) is 0 Å². The van der Waals surface area contributed by atoms with Crippen molar-refractivity contribution in [2.75, 3.05) is 0 Å². The highest BCUT2D eigenvalue weighted by Crippen LogP contribution is 2.39. The van der Waals surface area contributed by atoms with Gasteiger partial charge in [-0.3, -0.25) is 0 Å². The maximum atomic E-state index is 2.30. The molecule has 0 spiro atoms. The largest absolute Gasteiger partial charge is 0.0613 e. The lowest BCUT2D eigenvalue weighted by Gasteiger charge is -2.11. The first kappa shape index (κ1) is 43.4. The number of hydrogen-bond acceptors (Lipinski definition) is 0. The van der Waals surface area contributed by atoms with Gasteiger partial charge in [0.2, 0.25) is 0 Å². The van der Waals surface area contributed by atoms with E-state index in [0.717, 1.165) is 0 Å². The van der Waals surface area contributed by atoms with Gasteiger partial charge in [0.15, 0.2) is 0 Å². The Labute approximate surface area is 420 Å². The summed E-state index contributed by atoms with van der Waals surface area (Å²) in [6.07, 6.45) is 0. The van der Waals surface area contributed by atoms with Crippen LogP contribution in [0.4, 0.5) is 0 Å². The second-order valence-corrected chi connectivity index (χ2v) is 20.4. The summed E-state index contributed by atoms with van der Waals surface area (Å²) in [6, 6.07) is 81.0. The minimum absolute atomic E-state index is 1.31. The number of rotatable bonds is 0. The number of hydrogen-bond donors (Lipinski definition) is 0. The van der Waals surface area contributed by atoms with Crippen LogP contribution in [-0.4, -0.2) is 0 Å². The van der Waals surface area contributed by atoms with Gasteiger partial charge in [-0.2, -0.15) is 0 Å². The lowest BCUT2D eigenvalue weighted by atomic mass is 9.93. The summed E-state index contributed by atoms with van der Waals surface area (Å²) in [5, 5.41) is 32.1. The molecule has 15 aromatic rings. The highest BCUT2D eigenvalue weighted by atomic mass is 14.2. The third-order valence-corrected chi connectivity index (χ3v) is 15.6. The van der Waals surface area contributed by atoms with Crippen LogP contribution in [0.25, 0.3) is 129 Å². The Balaban J connectivity index is 0.000000105. The average molecular weight is 919 g/mol. The fourth-order valence-corrected chi connectivity index (χ4v) is 11.9. The van der Waals surface area contributed by atoms with Gasteiger partial charge < -0.3 is 0 Å². The van der Waals surface area contributed by atoms with Crippen LogP contribution in [0.15, 0.2) is 218 Å². The molecule has 15 aromatic carbocycles. The van der Waals surface area contributed by atoms with Crippen molar-refractivity contribution in [3.05, 3.63) is 252 Å². The van der Waals surface area contributed by atoms with Crippen LogP contribution < -0.4 is 0 Å². The molecule has 0 heteroatoms. The summed E-state index contributed by atoms with van der Waals surface area (Å²) in [4.78, 5) is 0. The summed E-state index contributed by atoms with van der Waals surface area (Å²) in [5.41, 5.74) is 7.91. The number of benzene rings is 15. The Morgan fingerprint density at radius 1 is 0.153 bits per heavy atom. The van der Waals surface area contributed by atoms with Crippen molar-refractivity contribution in [3.63, 3.8) is 0 Å². The molecule has 0 aliphatic carbocycles. The molecule has 72 heavy (non-hydrogen) atoms. The monoisotopic (exact) mass is 918 g/mol. The zero-order chi connectivity index (χ0) is 48.8. The van der Waals surface area contributed by atoms with Gasteiger partial charge in [0.05, 0.1) is 0 Å². The zero-order valence-corrected chi connectivity index (χ0v) is 41.8. The Morgan fingerprint density at radius 3 is 0.736 bits per heavy atom. The Morgan fingerprint density at radius 2 is 0.375 bits per heavy atom. The first-order valence-electron chi connectivity index (χ1n) is 25.4. The summed E-state index contributed by atoms with van der Waals surface area (Å²) < 4.78 is 0. The topological polar surface area (TPSA) is 0 Å². The lowest BCUT2D eigenvalue weighted by molar-refractivity contribution is 1.51. The van der Waals surface area contributed by atoms with Gasteiger partial charge in [0.1, 0.15) is 0 Å². The van der Waals surface area contributed by atoms with Gasteiger partial charge in [-0.25, -0.2) is 0 Å². The third kappa shape index (κ3) is 7.20. The molecule has 0 nitrogen and oxygen atoms in total. The molecule has 342 valence electrons. The molecule has 0 unspecified atom stereocenters. The smallest absolute Gasteiger partial charge is 0.00987 e. The molecule has 0 N–H and O–H groups in total. The standard InChI is InChI=1S/3C24H18/c1-15-3-7-19-17(13-15)5-9-23-21(19)11-12-22-20-8-4-16(2)14-18(20)6-10-24(22)23;2*1-15-6-7-17-8-9-20-22-11-10-18-16(2)4-3-5-19(18)21(22)12-13-23(20)24(17)14-15/h3*3-14H,1-2H3. The van der Waals surface area contributed by atoms with Gasteiger partial charge in [0, 0.05) is 0 Å². The van der Waals surface area contributed by atoms with E-state index in [1.54, 1.807) is 0 Å². The molecular weight excluding hydrogens is 865 g/mol. The van der Waals surface area contributed by atoms with Crippen LogP contribution >= 0.6 is 0 Å². The number of fused-ring (bicyclic) bond motifs is 21. The summed E-state index contributed by atoms with van der Waals surface area (Å²) in [7, 11) is 0. The molecule has 0 radical (unpaired) electrons. The molecular formula is C72H54. The molecule has 0 saturated heterocycles. The molecule has 0 aromatic heterocycles. The minimum Gasteiger partial charge on any atom is -0.0613 e. The number of aryl methyl sites for hydroxylation is 6. The van der Waals surface area contributed by atoms with E-state index in [-0.39, 0.29) is 0 Å². The second kappa shape index (κ2) is 17.1. The molecule has 0 atom stereocenters. The molecule has 15 rings (SSSR count). The van der Waals surface area contributed by atoms with E-state index in [9.17, 15) is 0 Å². The Kier molecular flexibility index (Phi) is 10.3. The van der Waals surface area contributed by atoms with Crippen LogP contribution in [0.1, 0.15) is 33.4 Å². The van der Waals surface area contributed by atoms with E-state index in [1.165, 1.54) is 163 Å². The van der Waals surface area contributed by atoms with Gasteiger partial charge in [-0.05, 0) is 182 Å².